The minimum atomic E-state index is -1.72. The van der Waals surface area contributed by atoms with Gasteiger partial charge in [0, 0.05) is 18.6 Å². The number of hydrogen-bond acceptors (Lipinski definition) is 33. The molecule has 492 valence electrons. The van der Waals surface area contributed by atoms with Crippen LogP contribution in [0.3, 0.4) is 0 Å². The molecule has 37 nitrogen and oxygen atoms in total. The molecule has 26 N–H and O–H groups in total. The molecular weight excluding hydrogens is 1150 g/mol. The number of carbonyl (C=O) groups is 4. The van der Waals surface area contributed by atoms with Gasteiger partial charge in [-0.15, -0.1) is 0 Å². The van der Waals surface area contributed by atoms with E-state index in [2.05, 4.69) is 0 Å². The van der Waals surface area contributed by atoms with E-state index in [4.69, 9.17) is 50.2 Å². The number of nitrogens with two attached hydrogens (primary N) is 1. The highest BCUT2D eigenvalue weighted by molar-refractivity contribution is 5.70. The molecule has 84 heavy (non-hydrogen) atoms. The first kappa shape index (κ1) is 75.0. The Kier molecular flexibility index (Phi) is 31.3. The minimum absolute atomic E-state index is 0.0463. The van der Waals surface area contributed by atoms with Crippen molar-refractivity contribution in [2.45, 2.75) is 185 Å². The van der Waals surface area contributed by atoms with E-state index in [1.54, 1.807) is 0 Å². The summed E-state index contributed by atoms with van der Waals surface area (Å²) in [5.41, 5.74) is 5.65. The average Bonchev–Trinajstić information content (AvgIpc) is 3.94. The van der Waals surface area contributed by atoms with Gasteiger partial charge in [-0.3, -0.25) is 38.8 Å². The molecule has 0 spiro atoms. The van der Waals surface area contributed by atoms with Gasteiger partial charge in [0.1, 0.15) is 61.0 Å². The number of rotatable bonds is 24. The third kappa shape index (κ3) is 18.9. The van der Waals surface area contributed by atoms with Crippen LogP contribution < -0.4 is 5.73 Å². The average molecular weight is 1230 g/mol. The van der Waals surface area contributed by atoms with Crippen molar-refractivity contribution in [3.63, 3.8) is 0 Å². The lowest BCUT2D eigenvalue weighted by molar-refractivity contribution is -0.317. The number of aliphatic carboxylic acids is 4. The Morgan fingerprint density at radius 3 is 1.08 bits per heavy atom. The molecule has 0 aromatic heterocycles. The largest absolute Gasteiger partial charge is 0.480 e. The summed E-state index contributed by atoms with van der Waals surface area (Å²) in [7, 11) is 0. The summed E-state index contributed by atoms with van der Waals surface area (Å²) in [6.07, 6.45) is -23.1. The Balaban J connectivity index is 0.000000302. The van der Waals surface area contributed by atoms with Crippen molar-refractivity contribution in [1.29, 1.82) is 0 Å². The SMILES string of the molecule is CC(N)CCC[C@@H]1[C@@H](O)[C@H](O)[C@@H](CO)N1CC(=O)O.O=C(O)CN1C(CO)C(O)C(OC2OC(CO)C(O)C(O)C2O)C1CO.O=C(O)CN1C[C@@H](O)[C@H](O)[C@H]1CO.O=C(O)CN1[C@H](CO)[C@@H](O)[C@H](OC2OC(CO)C(O)C(O)C2O)[C@H]1CO. The van der Waals surface area contributed by atoms with Crippen LogP contribution in [0, 0.1) is 0 Å². The van der Waals surface area contributed by atoms with E-state index in [0.717, 1.165) is 22.6 Å². The van der Waals surface area contributed by atoms with E-state index in [0.29, 0.717) is 6.42 Å². The smallest absolute Gasteiger partial charge is 0.317 e. The van der Waals surface area contributed by atoms with Gasteiger partial charge in [-0.25, -0.2) is 0 Å². The molecule has 0 aromatic rings. The molecule has 26 atom stereocenters. The van der Waals surface area contributed by atoms with E-state index in [-0.39, 0.29) is 38.9 Å². The van der Waals surface area contributed by atoms with Gasteiger partial charge in [0.25, 0.3) is 0 Å². The Hall–Kier alpha value is -3.28. The molecule has 0 radical (unpaired) electrons. The molecule has 0 amide bonds. The van der Waals surface area contributed by atoms with E-state index < -0.39 is 229 Å². The number of β-amino-alcohol motifs (C(OH)–C–C–N with tert-alkyl or cyclic N) is 1. The number of aliphatic hydroxyl groups excluding tert-OH is 20. The molecule has 6 rings (SSSR count). The van der Waals surface area contributed by atoms with Gasteiger partial charge in [0.2, 0.25) is 0 Å². The fourth-order valence-corrected chi connectivity index (χ4v) is 11.0. The molecule has 0 aliphatic carbocycles. The monoisotopic (exact) mass is 1230 g/mol. The zero-order chi connectivity index (χ0) is 63.8. The zero-order valence-electron chi connectivity index (χ0n) is 45.7. The molecule has 6 aliphatic rings. The second-order valence-corrected chi connectivity index (χ2v) is 21.1. The van der Waals surface area contributed by atoms with Crippen LogP contribution in [0.5, 0.6) is 0 Å². The topological polar surface area (TPSA) is 630 Å². The van der Waals surface area contributed by atoms with Crippen LogP contribution in [-0.2, 0) is 38.1 Å². The van der Waals surface area contributed by atoms with Gasteiger partial charge >= 0.3 is 23.9 Å². The van der Waals surface area contributed by atoms with Gasteiger partial charge in [0.15, 0.2) is 12.6 Å². The van der Waals surface area contributed by atoms with E-state index in [9.17, 15) is 116 Å². The Bertz CT molecular complexity index is 1890. The maximum Gasteiger partial charge on any atom is 0.317 e. The minimum Gasteiger partial charge on any atom is -0.480 e. The first-order valence-electron chi connectivity index (χ1n) is 26.8. The number of likely N-dealkylation sites (tertiary alicyclic amines) is 4. The molecule has 0 bridgehead atoms. The third-order valence-corrected chi connectivity index (χ3v) is 15.4. The lowest BCUT2D eigenvalue weighted by atomic mass is 9.99. The highest BCUT2D eigenvalue weighted by Crippen LogP contribution is 2.34. The van der Waals surface area contributed by atoms with E-state index in [1.165, 1.54) is 9.80 Å². The second-order valence-electron chi connectivity index (χ2n) is 21.1. The number of ether oxygens (including phenoxy) is 4. The van der Waals surface area contributed by atoms with Gasteiger partial charge < -0.3 is 147 Å². The second kappa shape index (κ2) is 35.1. The number of aliphatic hydroxyl groups is 20. The first-order chi connectivity index (χ1) is 39.5. The summed E-state index contributed by atoms with van der Waals surface area (Å²) in [5.74, 6) is -4.58. The Morgan fingerprint density at radius 1 is 0.429 bits per heavy atom. The maximum absolute atomic E-state index is 11.0. The molecule has 6 fully saturated rings. The van der Waals surface area contributed by atoms with Crippen molar-refractivity contribution >= 4 is 23.9 Å². The summed E-state index contributed by atoms with van der Waals surface area (Å²) in [6, 6.07) is -5.97. The number of carboxylic acid groups (broad SMARTS) is 4. The van der Waals surface area contributed by atoms with Crippen LogP contribution in [0.1, 0.15) is 26.2 Å². The van der Waals surface area contributed by atoms with Crippen LogP contribution >= 0.6 is 0 Å². The lowest BCUT2D eigenvalue weighted by Gasteiger charge is -2.41. The summed E-state index contributed by atoms with van der Waals surface area (Å²) >= 11 is 0. The lowest BCUT2D eigenvalue weighted by Crippen LogP contribution is -2.60. The quantitative estimate of drug-likeness (QED) is 0.0427. The Labute approximate surface area is 479 Å². The molecular formula is C47H87N5O32. The van der Waals surface area contributed by atoms with Crippen LogP contribution in [0.15, 0.2) is 0 Å². The predicted octanol–water partition coefficient (Wildman–Crippen LogP) is -14.9. The molecule has 6 heterocycles. The maximum atomic E-state index is 11.0. The zero-order valence-corrected chi connectivity index (χ0v) is 45.7. The standard InChI is InChI=1S/2C14H25NO11.C12H24N2O5.C7H13NO5/c2*16-2-5-9(21)13(6(3-17)15(5)1-8(19)20)26-14-12(24)11(23)10(22)7(4-18)25-14;1-7(13)3-2-4-8-11(18)12(19)9(6-15)14(8)5-10(16)17;9-3-4-7(13)5(10)1-8(4)2-6(11)12/h2*5-7,9-14,16-18,21-24H,1-4H2,(H,19,20);7-9,11-12,15,18-19H,2-6,13H2,1H3,(H,16,17);4-5,7,9-10,13H,1-3H2,(H,11,12)/t5-,6-,7?,9-,10?,11?,12?,13-,14?;;7?,8-,9-,11-,12-;4-,5-,7-/m1.11/s1. The molecule has 0 saturated carbocycles. The molecule has 6 aliphatic heterocycles. The number of carboxylic acids is 4. The van der Waals surface area contributed by atoms with Crippen molar-refractivity contribution in [2.24, 2.45) is 5.73 Å². The number of hydrogen-bond donors (Lipinski definition) is 25. The van der Waals surface area contributed by atoms with Crippen molar-refractivity contribution < 1.29 is 161 Å². The van der Waals surface area contributed by atoms with Gasteiger partial charge in [-0.05, 0) is 19.8 Å². The third-order valence-electron chi connectivity index (χ3n) is 15.4. The van der Waals surface area contributed by atoms with E-state index >= 15 is 0 Å². The van der Waals surface area contributed by atoms with Crippen LogP contribution in [0.4, 0.5) is 0 Å². The van der Waals surface area contributed by atoms with Gasteiger partial charge in [-0.2, -0.15) is 0 Å². The van der Waals surface area contributed by atoms with Crippen LogP contribution in [-0.4, -0.2) is 410 Å². The Morgan fingerprint density at radius 2 is 0.762 bits per heavy atom. The summed E-state index contributed by atoms with van der Waals surface area (Å²) in [6.45, 7) is -4.33. The summed E-state index contributed by atoms with van der Waals surface area (Å²) in [5, 5.41) is 228. The summed E-state index contributed by atoms with van der Waals surface area (Å²) in [4.78, 5) is 48.3. The molecule has 6 saturated heterocycles. The van der Waals surface area contributed by atoms with Gasteiger partial charge in [0.05, 0.1) is 152 Å². The van der Waals surface area contributed by atoms with Crippen molar-refractivity contribution in [3.05, 3.63) is 0 Å². The summed E-state index contributed by atoms with van der Waals surface area (Å²) < 4.78 is 21.3. The predicted molar refractivity (Wildman–Crippen MR) is 272 cm³/mol. The highest BCUT2D eigenvalue weighted by Gasteiger charge is 2.55. The normalized spacial score (nSPS) is 40.5. The van der Waals surface area contributed by atoms with Crippen molar-refractivity contribution in [3.8, 4) is 0 Å². The fourth-order valence-electron chi connectivity index (χ4n) is 11.0. The van der Waals surface area contributed by atoms with Crippen molar-refractivity contribution in [2.75, 3.05) is 85.6 Å². The van der Waals surface area contributed by atoms with Gasteiger partial charge in [-0.1, -0.05) is 6.42 Å². The molecule has 37 heteroatoms. The molecule has 0 aromatic carbocycles. The van der Waals surface area contributed by atoms with E-state index in [1.807, 2.05) is 6.92 Å². The highest BCUT2D eigenvalue weighted by atomic mass is 16.7. The molecule has 15 unspecified atom stereocenters. The number of nitrogens with zero attached hydrogens (tertiary/aromatic N) is 4. The fraction of sp³-hybridized carbons (Fsp3) is 0.915. The van der Waals surface area contributed by atoms with Crippen LogP contribution in [0.2, 0.25) is 0 Å². The first-order valence-corrected chi connectivity index (χ1v) is 26.8. The van der Waals surface area contributed by atoms with Crippen LogP contribution in [0.25, 0.3) is 0 Å². The van der Waals surface area contributed by atoms with Crippen molar-refractivity contribution in [1.82, 2.24) is 19.6 Å².